The fourth-order valence-corrected chi connectivity index (χ4v) is 2.38. The van der Waals surface area contributed by atoms with Crippen molar-refractivity contribution in [3.8, 4) is 0 Å². The fourth-order valence-electron chi connectivity index (χ4n) is 1.28. The average molecular weight is 256 g/mol. The summed E-state index contributed by atoms with van der Waals surface area (Å²) < 4.78 is 26.9. The molecule has 0 aliphatic carbocycles. The van der Waals surface area contributed by atoms with Crippen LogP contribution in [0.4, 0.5) is 0 Å². The van der Waals surface area contributed by atoms with E-state index in [2.05, 4.69) is 20.2 Å². The van der Waals surface area contributed by atoms with Gasteiger partial charge in [-0.2, -0.15) is 9.40 Å². The van der Waals surface area contributed by atoms with Gasteiger partial charge in [0.15, 0.2) is 5.03 Å². The monoisotopic (exact) mass is 256 g/mol. The third kappa shape index (κ3) is 2.34. The van der Waals surface area contributed by atoms with Crippen molar-refractivity contribution in [1.82, 2.24) is 29.0 Å². The summed E-state index contributed by atoms with van der Waals surface area (Å²) >= 11 is 0. The number of aryl methyl sites for hydroxylation is 1. The molecule has 9 heteroatoms. The smallest absolute Gasteiger partial charge is 0.262 e. The van der Waals surface area contributed by atoms with E-state index in [1.807, 2.05) is 0 Å². The summed E-state index contributed by atoms with van der Waals surface area (Å²) in [4.78, 5) is 7.70. The first-order valence-electron chi connectivity index (χ1n) is 4.78. The third-order valence-electron chi connectivity index (χ3n) is 2.19. The van der Waals surface area contributed by atoms with Crippen LogP contribution in [-0.4, -0.2) is 44.5 Å². The molecule has 17 heavy (non-hydrogen) atoms. The van der Waals surface area contributed by atoms with Gasteiger partial charge >= 0.3 is 0 Å². The van der Waals surface area contributed by atoms with E-state index in [-0.39, 0.29) is 11.6 Å². The molecule has 8 nitrogen and oxygen atoms in total. The van der Waals surface area contributed by atoms with Crippen LogP contribution in [0.1, 0.15) is 5.82 Å². The standard InChI is InChI=1S/C8H12N6O2S/c1-13-4-8(10-6-13)17(15,16)14(2)3-7-9-5-11-12-7/h4-6H,3H2,1-2H3,(H,9,11,12). The number of sulfonamides is 1. The molecule has 0 aliphatic rings. The lowest BCUT2D eigenvalue weighted by Gasteiger charge is -2.13. The molecule has 0 amide bonds. The molecule has 0 bridgehead atoms. The molecule has 92 valence electrons. The number of aromatic amines is 1. The summed E-state index contributed by atoms with van der Waals surface area (Å²) in [7, 11) is -0.405. The first-order chi connectivity index (χ1) is 8.00. The van der Waals surface area contributed by atoms with Crippen LogP contribution in [0.25, 0.3) is 0 Å². The van der Waals surface area contributed by atoms with Gasteiger partial charge in [0.1, 0.15) is 12.2 Å². The molecule has 0 aromatic carbocycles. The van der Waals surface area contributed by atoms with Crippen molar-refractivity contribution in [3.05, 3.63) is 24.7 Å². The van der Waals surface area contributed by atoms with Crippen LogP contribution < -0.4 is 0 Å². The Morgan fingerprint density at radius 3 is 2.76 bits per heavy atom. The summed E-state index contributed by atoms with van der Waals surface area (Å²) in [6.07, 6.45) is 4.22. The van der Waals surface area contributed by atoms with E-state index in [0.717, 1.165) is 4.31 Å². The number of hydrogen-bond donors (Lipinski definition) is 1. The van der Waals surface area contributed by atoms with Crippen molar-refractivity contribution in [2.45, 2.75) is 11.6 Å². The SMILES string of the molecule is CN(Cc1ncn[nH]1)S(=O)(=O)c1cn(C)cn1. The molecule has 1 N–H and O–H groups in total. The number of H-pyrrole nitrogens is 1. The Balaban J connectivity index is 2.21. The van der Waals surface area contributed by atoms with Gasteiger partial charge in [0, 0.05) is 20.3 Å². The maximum Gasteiger partial charge on any atom is 0.262 e. The highest BCUT2D eigenvalue weighted by Crippen LogP contribution is 2.12. The molecule has 0 fully saturated rings. The van der Waals surface area contributed by atoms with Crippen LogP contribution in [0.3, 0.4) is 0 Å². The highest BCUT2D eigenvalue weighted by Gasteiger charge is 2.23. The Morgan fingerprint density at radius 2 is 2.24 bits per heavy atom. The van der Waals surface area contributed by atoms with Gasteiger partial charge in [-0.05, 0) is 0 Å². The van der Waals surface area contributed by atoms with E-state index in [4.69, 9.17) is 0 Å². The number of hydrogen-bond acceptors (Lipinski definition) is 5. The molecule has 0 atom stereocenters. The molecule has 2 aromatic rings. The van der Waals surface area contributed by atoms with Gasteiger partial charge < -0.3 is 4.57 Å². The van der Waals surface area contributed by atoms with Gasteiger partial charge in [-0.3, -0.25) is 5.10 Å². The second-order valence-electron chi connectivity index (χ2n) is 3.57. The molecule has 0 spiro atoms. The molecule has 0 radical (unpaired) electrons. The minimum atomic E-state index is -3.58. The van der Waals surface area contributed by atoms with Crippen molar-refractivity contribution in [1.29, 1.82) is 0 Å². The average Bonchev–Trinajstić information content (AvgIpc) is 2.89. The molecule has 2 rings (SSSR count). The van der Waals surface area contributed by atoms with Crippen molar-refractivity contribution in [2.75, 3.05) is 7.05 Å². The Morgan fingerprint density at radius 1 is 1.47 bits per heavy atom. The van der Waals surface area contributed by atoms with E-state index in [1.54, 1.807) is 11.6 Å². The maximum atomic E-state index is 12.1. The first kappa shape index (κ1) is 11.7. The Hall–Kier alpha value is -1.74. The van der Waals surface area contributed by atoms with Crippen LogP contribution in [0.2, 0.25) is 0 Å². The Labute approximate surface area is 98.4 Å². The zero-order valence-corrected chi connectivity index (χ0v) is 10.2. The predicted molar refractivity (Wildman–Crippen MR) is 58.2 cm³/mol. The fraction of sp³-hybridized carbons (Fsp3) is 0.375. The van der Waals surface area contributed by atoms with Crippen LogP contribution in [0.15, 0.2) is 23.9 Å². The van der Waals surface area contributed by atoms with E-state index in [9.17, 15) is 8.42 Å². The number of nitrogens with zero attached hydrogens (tertiary/aromatic N) is 5. The van der Waals surface area contributed by atoms with Crippen LogP contribution in [-0.2, 0) is 23.6 Å². The van der Waals surface area contributed by atoms with E-state index in [0.29, 0.717) is 5.82 Å². The lowest BCUT2D eigenvalue weighted by Crippen LogP contribution is -2.27. The normalized spacial score (nSPS) is 12.2. The molecule has 0 aliphatic heterocycles. The van der Waals surface area contributed by atoms with Gasteiger partial charge in [0.2, 0.25) is 0 Å². The molecular formula is C8H12N6O2S. The lowest BCUT2D eigenvalue weighted by atomic mass is 10.6. The second-order valence-corrected chi connectivity index (χ2v) is 5.56. The zero-order valence-electron chi connectivity index (χ0n) is 9.40. The number of nitrogens with one attached hydrogen (secondary N) is 1. The Kier molecular flexibility index (Phi) is 2.94. The summed E-state index contributed by atoms with van der Waals surface area (Å²) in [6.45, 7) is 0.124. The third-order valence-corrected chi connectivity index (χ3v) is 3.88. The number of aromatic nitrogens is 5. The minimum absolute atomic E-state index is 0.0158. The summed E-state index contributed by atoms with van der Waals surface area (Å²) in [6, 6.07) is 0. The second kappa shape index (κ2) is 4.26. The first-order valence-corrected chi connectivity index (χ1v) is 6.22. The van der Waals surface area contributed by atoms with Crippen molar-refractivity contribution >= 4 is 10.0 Å². The van der Waals surface area contributed by atoms with Crippen molar-refractivity contribution < 1.29 is 8.42 Å². The highest BCUT2D eigenvalue weighted by molar-refractivity contribution is 7.89. The van der Waals surface area contributed by atoms with E-state index >= 15 is 0 Å². The van der Waals surface area contributed by atoms with Gasteiger partial charge in [-0.1, -0.05) is 0 Å². The van der Waals surface area contributed by atoms with Crippen LogP contribution in [0, 0.1) is 0 Å². The molecule has 0 saturated heterocycles. The maximum absolute atomic E-state index is 12.1. The van der Waals surface area contributed by atoms with E-state index < -0.39 is 10.0 Å². The largest absolute Gasteiger partial charge is 0.339 e. The zero-order chi connectivity index (χ0) is 12.5. The van der Waals surface area contributed by atoms with Crippen LogP contribution >= 0.6 is 0 Å². The summed E-state index contributed by atoms with van der Waals surface area (Å²) in [5, 5.41) is 6.28. The number of imidazole rings is 1. The minimum Gasteiger partial charge on any atom is -0.339 e. The molecular weight excluding hydrogens is 244 g/mol. The topological polar surface area (TPSA) is 96.8 Å². The molecule has 2 heterocycles. The molecule has 0 unspecified atom stereocenters. The van der Waals surface area contributed by atoms with Crippen LogP contribution in [0.5, 0.6) is 0 Å². The number of rotatable bonds is 4. The van der Waals surface area contributed by atoms with Gasteiger partial charge in [-0.25, -0.2) is 18.4 Å². The van der Waals surface area contributed by atoms with Gasteiger partial charge in [-0.15, -0.1) is 0 Å². The van der Waals surface area contributed by atoms with Crippen molar-refractivity contribution in [2.24, 2.45) is 7.05 Å². The highest BCUT2D eigenvalue weighted by atomic mass is 32.2. The molecule has 0 saturated carbocycles. The van der Waals surface area contributed by atoms with Crippen molar-refractivity contribution in [3.63, 3.8) is 0 Å². The summed E-state index contributed by atoms with van der Waals surface area (Å²) in [5.41, 5.74) is 0. The summed E-state index contributed by atoms with van der Waals surface area (Å²) in [5.74, 6) is 0.479. The Bertz CT molecular complexity index is 587. The van der Waals surface area contributed by atoms with Gasteiger partial charge in [0.25, 0.3) is 10.0 Å². The molecule has 2 aromatic heterocycles. The van der Waals surface area contributed by atoms with E-state index in [1.165, 1.54) is 25.9 Å². The lowest BCUT2D eigenvalue weighted by molar-refractivity contribution is 0.455. The van der Waals surface area contributed by atoms with Gasteiger partial charge in [0.05, 0.1) is 12.9 Å². The quantitative estimate of drug-likeness (QED) is 0.784. The predicted octanol–water partition coefficient (Wildman–Crippen LogP) is -0.641.